The molecule has 0 aromatic heterocycles. The zero-order chi connectivity index (χ0) is 11.3. The van der Waals surface area contributed by atoms with Crippen LogP contribution in [0.15, 0.2) is 0 Å². The Bertz CT molecular complexity index is 273. The lowest BCUT2D eigenvalue weighted by molar-refractivity contribution is 0.291. The second-order valence-electron chi connectivity index (χ2n) is 4.12. The monoisotopic (exact) mass is 235 g/mol. The molecule has 0 saturated carbocycles. The SMILES string of the molecule is CCCN(CC1CCCNC1)S(N)(=O)=O. The molecule has 6 heteroatoms. The van der Waals surface area contributed by atoms with Gasteiger partial charge in [-0.05, 0) is 38.3 Å². The molecule has 0 aromatic rings. The van der Waals surface area contributed by atoms with E-state index < -0.39 is 10.2 Å². The fraction of sp³-hybridized carbons (Fsp3) is 1.00. The van der Waals surface area contributed by atoms with E-state index in [0.29, 0.717) is 19.0 Å². The normalized spacial score (nSPS) is 23.3. The number of nitrogens with two attached hydrogens (primary N) is 1. The van der Waals surface area contributed by atoms with Crippen LogP contribution in [-0.4, -0.2) is 38.9 Å². The second-order valence-corrected chi connectivity index (χ2v) is 5.66. The van der Waals surface area contributed by atoms with E-state index in [1.165, 1.54) is 4.31 Å². The minimum atomic E-state index is -3.52. The first-order chi connectivity index (χ1) is 7.04. The van der Waals surface area contributed by atoms with Gasteiger partial charge in [0.1, 0.15) is 0 Å². The maximum absolute atomic E-state index is 11.3. The van der Waals surface area contributed by atoms with E-state index in [9.17, 15) is 8.42 Å². The van der Waals surface area contributed by atoms with Crippen LogP contribution in [0.1, 0.15) is 26.2 Å². The molecule has 0 aliphatic carbocycles. The third-order valence-corrected chi connectivity index (χ3v) is 3.75. The third-order valence-electron chi connectivity index (χ3n) is 2.69. The highest BCUT2D eigenvalue weighted by Gasteiger charge is 2.22. The fourth-order valence-electron chi connectivity index (χ4n) is 1.94. The number of piperidine rings is 1. The van der Waals surface area contributed by atoms with Gasteiger partial charge in [-0.25, -0.2) is 5.14 Å². The highest BCUT2D eigenvalue weighted by Crippen LogP contribution is 2.13. The Labute approximate surface area is 92.2 Å². The molecule has 1 unspecified atom stereocenters. The molecule has 1 aliphatic heterocycles. The average molecular weight is 235 g/mol. The van der Waals surface area contributed by atoms with E-state index >= 15 is 0 Å². The van der Waals surface area contributed by atoms with Crippen LogP contribution < -0.4 is 10.5 Å². The van der Waals surface area contributed by atoms with Gasteiger partial charge in [0.2, 0.25) is 0 Å². The first kappa shape index (κ1) is 12.9. The molecule has 0 bridgehead atoms. The molecule has 1 aliphatic rings. The summed E-state index contributed by atoms with van der Waals surface area (Å²) in [6, 6.07) is 0. The topological polar surface area (TPSA) is 75.4 Å². The summed E-state index contributed by atoms with van der Waals surface area (Å²) in [6.07, 6.45) is 3.01. The molecule has 15 heavy (non-hydrogen) atoms. The lowest BCUT2D eigenvalue weighted by Crippen LogP contribution is -2.44. The molecular weight excluding hydrogens is 214 g/mol. The number of rotatable bonds is 5. The fourth-order valence-corrected chi connectivity index (χ4v) is 2.80. The van der Waals surface area contributed by atoms with Crippen molar-refractivity contribution in [2.75, 3.05) is 26.2 Å². The number of nitrogens with one attached hydrogen (secondary N) is 1. The minimum absolute atomic E-state index is 0.406. The minimum Gasteiger partial charge on any atom is -0.316 e. The summed E-state index contributed by atoms with van der Waals surface area (Å²) in [5.74, 6) is 0.406. The summed E-state index contributed by atoms with van der Waals surface area (Å²) >= 11 is 0. The van der Waals surface area contributed by atoms with E-state index in [0.717, 1.165) is 32.4 Å². The number of hydrogen-bond donors (Lipinski definition) is 2. The summed E-state index contributed by atoms with van der Waals surface area (Å²) < 4.78 is 24.0. The van der Waals surface area contributed by atoms with Gasteiger partial charge in [0, 0.05) is 13.1 Å². The second kappa shape index (κ2) is 5.79. The molecular formula is C9H21N3O2S. The van der Waals surface area contributed by atoms with Gasteiger partial charge in [0.15, 0.2) is 0 Å². The summed E-state index contributed by atoms with van der Waals surface area (Å²) in [5.41, 5.74) is 0. The summed E-state index contributed by atoms with van der Waals surface area (Å²) in [4.78, 5) is 0. The lowest BCUT2D eigenvalue weighted by atomic mass is 10.00. The van der Waals surface area contributed by atoms with Crippen molar-refractivity contribution in [3.05, 3.63) is 0 Å². The first-order valence-corrected chi connectivity index (χ1v) is 7.03. The van der Waals surface area contributed by atoms with Gasteiger partial charge in [0.25, 0.3) is 10.2 Å². The van der Waals surface area contributed by atoms with Crippen LogP contribution in [0.2, 0.25) is 0 Å². The van der Waals surface area contributed by atoms with Gasteiger partial charge < -0.3 is 5.32 Å². The third kappa shape index (κ3) is 4.46. The molecule has 3 N–H and O–H groups in total. The molecule has 0 spiro atoms. The Morgan fingerprint density at radius 1 is 1.53 bits per heavy atom. The smallest absolute Gasteiger partial charge is 0.276 e. The van der Waals surface area contributed by atoms with Crippen molar-refractivity contribution in [2.45, 2.75) is 26.2 Å². The van der Waals surface area contributed by atoms with Crippen molar-refractivity contribution in [3.8, 4) is 0 Å². The predicted molar refractivity (Wildman–Crippen MR) is 60.6 cm³/mol. The van der Waals surface area contributed by atoms with Gasteiger partial charge >= 0.3 is 0 Å². The molecule has 0 radical (unpaired) electrons. The van der Waals surface area contributed by atoms with Gasteiger partial charge in [-0.15, -0.1) is 0 Å². The molecule has 5 nitrogen and oxygen atoms in total. The van der Waals surface area contributed by atoms with Gasteiger partial charge in [0.05, 0.1) is 0 Å². The van der Waals surface area contributed by atoms with Crippen LogP contribution >= 0.6 is 0 Å². The van der Waals surface area contributed by atoms with Crippen LogP contribution in [-0.2, 0) is 10.2 Å². The first-order valence-electron chi connectivity index (χ1n) is 5.52. The Hall–Kier alpha value is -0.170. The van der Waals surface area contributed by atoms with Crippen LogP contribution in [0.4, 0.5) is 0 Å². The van der Waals surface area contributed by atoms with E-state index in [-0.39, 0.29) is 0 Å². The zero-order valence-electron chi connectivity index (χ0n) is 9.28. The summed E-state index contributed by atoms with van der Waals surface area (Å²) in [7, 11) is -3.52. The Morgan fingerprint density at radius 3 is 2.73 bits per heavy atom. The van der Waals surface area contributed by atoms with Crippen molar-refractivity contribution < 1.29 is 8.42 Å². The van der Waals surface area contributed by atoms with Crippen molar-refractivity contribution in [1.82, 2.24) is 9.62 Å². The molecule has 1 atom stereocenters. The molecule has 0 amide bonds. The Morgan fingerprint density at radius 2 is 2.27 bits per heavy atom. The van der Waals surface area contributed by atoms with Gasteiger partial charge in [-0.3, -0.25) is 0 Å². The van der Waals surface area contributed by atoms with Gasteiger partial charge in [-0.2, -0.15) is 12.7 Å². The summed E-state index contributed by atoms with van der Waals surface area (Å²) in [6.45, 7) is 4.97. The molecule has 1 saturated heterocycles. The predicted octanol–water partition coefficient (Wildman–Crippen LogP) is -0.0985. The van der Waals surface area contributed by atoms with Crippen molar-refractivity contribution >= 4 is 10.2 Å². The van der Waals surface area contributed by atoms with Crippen LogP contribution in [0.5, 0.6) is 0 Å². The number of hydrogen-bond acceptors (Lipinski definition) is 3. The van der Waals surface area contributed by atoms with Crippen LogP contribution in [0.25, 0.3) is 0 Å². The number of nitrogens with zero attached hydrogens (tertiary/aromatic N) is 1. The largest absolute Gasteiger partial charge is 0.316 e. The lowest BCUT2D eigenvalue weighted by Gasteiger charge is -2.28. The van der Waals surface area contributed by atoms with E-state index in [1.807, 2.05) is 6.92 Å². The standard InChI is InChI=1S/C9H21N3O2S/c1-2-6-12(15(10,13)14)8-9-4-3-5-11-7-9/h9,11H,2-8H2,1H3,(H2,10,13,14). The average Bonchev–Trinajstić information content (AvgIpc) is 2.17. The van der Waals surface area contributed by atoms with E-state index in [2.05, 4.69) is 5.32 Å². The highest BCUT2D eigenvalue weighted by atomic mass is 32.2. The van der Waals surface area contributed by atoms with E-state index in [1.54, 1.807) is 0 Å². The highest BCUT2D eigenvalue weighted by molar-refractivity contribution is 7.86. The van der Waals surface area contributed by atoms with Crippen molar-refractivity contribution in [2.24, 2.45) is 11.1 Å². The van der Waals surface area contributed by atoms with Crippen molar-refractivity contribution in [1.29, 1.82) is 0 Å². The molecule has 1 heterocycles. The van der Waals surface area contributed by atoms with Crippen LogP contribution in [0.3, 0.4) is 0 Å². The Kier molecular flexibility index (Phi) is 4.98. The summed E-state index contributed by atoms with van der Waals surface area (Å²) in [5, 5.41) is 8.43. The zero-order valence-corrected chi connectivity index (χ0v) is 10.1. The van der Waals surface area contributed by atoms with E-state index in [4.69, 9.17) is 5.14 Å². The van der Waals surface area contributed by atoms with Crippen molar-refractivity contribution in [3.63, 3.8) is 0 Å². The molecule has 1 rings (SSSR count). The molecule has 0 aromatic carbocycles. The molecule has 1 fully saturated rings. The van der Waals surface area contributed by atoms with Crippen LogP contribution in [0, 0.1) is 5.92 Å². The van der Waals surface area contributed by atoms with Gasteiger partial charge in [-0.1, -0.05) is 6.92 Å². The molecule has 90 valence electrons. The quantitative estimate of drug-likeness (QED) is 0.699. The Balaban J connectivity index is 2.50. The maximum atomic E-state index is 11.3. The maximum Gasteiger partial charge on any atom is 0.276 e.